The van der Waals surface area contributed by atoms with Gasteiger partial charge in [0, 0.05) is 20.1 Å². The number of aromatic nitrogens is 2. The molecule has 0 bridgehead atoms. The van der Waals surface area contributed by atoms with E-state index in [-0.39, 0.29) is 22.5 Å². The van der Waals surface area contributed by atoms with Gasteiger partial charge in [-0.1, -0.05) is 11.6 Å². The molecule has 20 heavy (non-hydrogen) atoms. The number of nitrogens with zero attached hydrogens (tertiary/aromatic N) is 3. The summed E-state index contributed by atoms with van der Waals surface area (Å²) in [4.78, 5) is 26.1. The van der Waals surface area contributed by atoms with Crippen molar-refractivity contribution >= 4 is 23.4 Å². The van der Waals surface area contributed by atoms with E-state index >= 15 is 0 Å². The lowest BCUT2D eigenvalue weighted by Gasteiger charge is -2.29. The van der Waals surface area contributed by atoms with E-state index in [0.29, 0.717) is 0 Å². The van der Waals surface area contributed by atoms with Gasteiger partial charge in [-0.25, -0.2) is 0 Å². The molecule has 110 valence electrons. The van der Waals surface area contributed by atoms with Crippen LogP contribution in [0.15, 0.2) is 6.20 Å². The number of aryl methyl sites for hydroxylation is 1. The first kappa shape index (κ1) is 14.8. The number of nitrogens with one attached hydrogen (secondary N) is 1. The van der Waals surface area contributed by atoms with Gasteiger partial charge in [0.1, 0.15) is 11.2 Å². The zero-order valence-electron chi connectivity index (χ0n) is 11.7. The van der Waals surface area contributed by atoms with Crippen LogP contribution in [0.5, 0.6) is 0 Å². The molecule has 1 aromatic rings. The van der Waals surface area contributed by atoms with Crippen LogP contribution < -0.4 is 5.32 Å². The highest BCUT2D eigenvalue weighted by Crippen LogP contribution is 2.14. The quantitative estimate of drug-likeness (QED) is 0.912. The Kier molecular flexibility index (Phi) is 4.65. The van der Waals surface area contributed by atoms with Gasteiger partial charge in [-0.2, -0.15) is 5.10 Å². The summed E-state index contributed by atoms with van der Waals surface area (Å²) in [5, 5.41) is 6.85. The molecule has 2 amide bonds. The number of carbonyl (C=O) groups excluding carboxylic acids is 2. The first-order valence-electron chi connectivity index (χ1n) is 6.78. The fourth-order valence-corrected chi connectivity index (χ4v) is 2.48. The molecule has 7 heteroatoms. The van der Waals surface area contributed by atoms with Crippen LogP contribution in [0.3, 0.4) is 0 Å². The van der Waals surface area contributed by atoms with Crippen molar-refractivity contribution in [3.8, 4) is 0 Å². The summed E-state index contributed by atoms with van der Waals surface area (Å²) in [6, 6.07) is -0.558. The van der Waals surface area contributed by atoms with Crippen LogP contribution >= 0.6 is 11.6 Å². The first-order valence-corrected chi connectivity index (χ1v) is 7.15. The van der Waals surface area contributed by atoms with Crippen molar-refractivity contribution in [1.29, 1.82) is 0 Å². The van der Waals surface area contributed by atoms with Gasteiger partial charge >= 0.3 is 0 Å². The van der Waals surface area contributed by atoms with Gasteiger partial charge in [-0.15, -0.1) is 0 Å². The van der Waals surface area contributed by atoms with Crippen LogP contribution in [0.2, 0.25) is 5.15 Å². The molecule has 1 fully saturated rings. The SMILES string of the molecule is CC(NC(=O)c1cnn(C)c1Cl)C(=O)N1CCCCC1. The molecule has 0 spiro atoms. The number of hydrogen-bond acceptors (Lipinski definition) is 3. The van der Waals surface area contributed by atoms with Crippen molar-refractivity contribution in [2.75, 3.05) is 13.1 Å². The van der Waals surface area contributed by atoms with Crippen LogP contribution in [0.1, 0.15) is 36.5 Å². The molecule has 2 heterocycles. The third-order valence-electron chi connectivity index (χ3n) is 3.50. The van der Waals surface area contributed by atoms with Crippen molar-refractivity contribution in [2.24, 2.45) is 7.05 Å². The number of likely N-dealkylation sites (tertiary alicyclic amines) is 1. The van der Waals surface area contributed by atoms with E-state index in [9.17, 15) is 9.59 Å². The smallest absolute Gasteiger partial charge is 0.256 e. The lowest BCUT2D eigenvalue weighted by molar-refractivity contribution is -0.133. The molecule has 0 aliphatic carbocycles. The number of amides is 2. The number of carbonyl (C=O) groups is 2. The van der Waals surface area contributed by atoms with E-state index in [1.165, 1.54) is 10.9 Å². The van der Waals surface area contributed by atoms with Gasteiger partial charge in [0.15, 0.2) is 0 Å². The zero-order valence-corrected chi connectivity index (χ0v) is 12.5. The minimum atomic E-state index is -0.558. The molecule has 0 saturated carbocycles. The summed E-state index contributed by atoms with van der Waals surface area (Å²) in [6.07, 6.45) is 4.62. The Balaban J connectivity index is 1.96. The molecule has 1 saturated heterocycles. The predicted molar refractivity (Wildman–Crippen MR) is 75.6 cm³/mol. The number of halogens is 1. The van der Waals surface area contributed by atoms with E-state index in [4.69, 9.17) is 11.6 Å². The lowest BCUT2D eigenvalue weighted by Crippen LogP contribution is -2.48. The molecule has 1 aliphatic rings. The largest absolute Gasteiger partial charge is 0.341 e. The summed E-state index contributed by atoms with van der Waals surface area (Å²) < 4.78 is 1.41. The Hall–Kier alpha value is -1.56. The van der Waals surface area contributed by atoms with Gasteiger partial charge in [0.2, 0.25) is 5.91 Å². The third-order valence-corrected chi connectivity index (χ3v) is 3.95. The van der Waals surface area contributed by atoms with E-state index < -0.39 is 6.04 Å². The van der Waals surface area contributed by atoms with Crippen LogP contribution in [0.25, 0.3) is 0 Å². The topological polar surface area (TPSA) is 67.2 Å². The summed E-state index contributed by atoms with van der Waals surface area (Å²) in [5.74, 6) is -0.418. The van der Waals surface area contributed by atoms with Gasteiger partial charge in [-0.3, -0.25) is 14.3 Å². The van der Waals surface area contributed by atoms with Gasteiger partial charge in [0.05, 0.1) is 11.8 Å². The zero-order chi connectivity index (χ0) is 14.7. The molecule has 2 rings (SSSR count). The highest BCUT2D eigenvalue weighted by atomic mass is 35.5. The highest BCUT2D eigenvalue weighted by molar-refractivity contribution is 6.32. The minimum Gasteiger partial charge on any atom is -0.341 e. The second kappa shape index (κ2) is 6.26. The van der Waals surface area contributed by atoms with Crippen molar-refractivity contribution in [1.82, 2.24) is 20.0 Å². The van der Waals surface area contributed by atoms with Gasteiger partial charge in [0.25, 0.3) is 5.91 Å². The average molecular weight is 299 g/mol. The normalized spacial score (nSPS) is 16.9. The van der Waals surface area contributed by atoms with Crippen molar-refractivity contribution in [2.45, 2.75) is 32.2 Å². The summed E-state index contributed by atoms with van der Waals surface area (Å²) in [5.41, 5.74) is 0.285. The molecule has 1 unspecified atom stereocenters. The van der Waals surface area contributed by atoms with E-state index in [1.54, 1.807) is 18.9 Å². The molecule has 1 N–H and O–H groups in total. The first-order chi connectivity index (χ1) is 9.50. The van der Waals surface area contributed by atoms with Crippen molar-refractivity contribution < 1.29 is 9.59 Å². The summed E-state index contributed by atoms with van der Waals surface area (Å²) >= 11 is 5.96. The molecule has 0 radical (unpaired) electrons. The fourth-order valence-electron chi connectivity index (χ4n) is 2.30. The Labute approximate surface area is 123 Å². The highest BCUT2D eigenvalue weighted by Gasteiger charge is 2.25. The molecule has 0 aromatic carbocycles. The maximum Gasteiger partial charge on any atom is 0.256 e. The van der Waals surface area contributed by atoms with E-state index in [0.717, 1.165) is 32.4 Å². The Morgan fingerprint density at radius 1 is 1.35 bits per heavy atom. The van der Waals surface area contributed by atoms with Crippen LogP contribution in [-0.2, 0) is 11.8 Å². The van der Waals surface area contributed by atoms with Crippen molar-refractivity contribution in [3.63, 3.8) is 0 Å². The Morgan fingerprint density at radius 2 is 2.00 bits per heavy atom. The summed E-state index contributed by atoms with van der Waals surface area (Å²) in [7, 11) is 1.65. The van der Waals surface area contributed by atoms with E-state index in [1.807, 2.05) is 0 Å². The molecular weight excluding hydrogens is 280 g/mol. The number of hydrogen-bond donors (Lipinski definition) is 1. The molecular formula is C13H19ClN4O2. The third kappa shape index (κ3) is 3.12. The number of piperidine rings is 1. The van der Waals surface area contributed by atoms with Crippen molar-refractivity contribution in [3.05, 3.63) is 16.9 Å². The monoisotopic (exact) mass is 298 g/mol. The van der Waals surface area contributed by atoms with Gasteiger partial charge < -0.3 is 10.2 Å². The van der Waals surface area contributed by atoms with Crippen LogP contribution in [-0.4, -0.2) is 45.6 Å². The molecule has 1 atom stereocenters. The number of rotatable bonds is 3. The Morgan fingerprint density at radius 3 is 2.55 bits per heavy atom. The second-order valence-electron chi connectivity index (χ2n) is 5.05. The average Bonchev–Trinajstić information content (AvgIpc) is 2.79. The standard InChI is InChI=1S/C13H19ClN4O2/c1-9(13(20)18-6-4-3-5-7-18)16-12(19)10-8-15-17(2)11(10)14/h8-9H,3-7H2,1-2H3,(H,16,19). The lowest BCUT2D eigenvalue weighted by atomic mass is 10.1. The maximum absolute atomic E-state index is 12.2. The molecule has 1 aromatic heterocycles. The van der Waals surface area contributed by atoms with Gasteiger partial charge in [-0.05, 0) is 26.2 Å². The summed E-state index contributed by atoms with van der Waals surface area (Å²) in [6.45, 7) is 3.23. The minimum absolute atomic E-state index is 0.0435. The van der Waals surface area contributed by atoms with Crippen LogP contribution in [0, 0.1) is 0 Å². The molecule has 6 nitrogen and oxygen atoms in total. The maximum atomic E-state index is 12.2. The molecule has 1 aliphatic heterocycles. The fraction of sp³-hybridized carbons (Fsp3) is 0.615. The second-order valence-corrected chi connectivity index (χ2v) is 5.41. The van der Waals surface area contributed by atoms with E-state index in [2.05, 4.69) is 10.4 Å². The Bertz CT molecular complexity index is 508. The predicted octanol–water partition coefficient (Wildman–Crippen LogP) is 1.20. The van der Waals surface area contributed by atoms with Crippen LogP contribution in [0.4, 0.5) is 0 Å².